The van der Waals surface area contributed by atoms with Crippen LogP contribution >= 0.6 is 11.3 Å². The zero-order valence-electron chi connectivity index (χ0n) is 20.0. The molecule has 1 saturated heterocycles. The molecule has 0 radical (unpaired) electrons. The van der Waals surface area contributed by atoms with Gasteiger partial charge in [-0.05, 0) is 42.8 Å². The SMILES string of the molecule is CCOc1ccc2nc(N3C(=O)C(=O)C(=C(O)c4ccccc4)[C@@H]3c3ccc(C(=O)OC)cc3)sc2c1. The number of amides is 1. The smallest absolute Gasteiger partial charge is 0.337 e. The molecule has 186 valence electrons. The molecule has 1 fully saturated rings. The zero-order valence-corrected chi connectivity index (χ0v) is 20.8. The van der Waals surface area contributed by atoms with Gasteiger partial charge in [0.2, 0.25) is 0 Å². The Morgan fingerprint density at radius 2 is 1.76 bits per heavy atom. The quantitative estimate of drug-likeness (QED) is 0.165. The van der Waals surface area contributed by atoms with E-state index in [1.807, 2.05) is 13.0 Å². The maximum atomic E-state index is 13.4. The summed E-state index contributed by atoms with van der Waals surface area (Å²) in [5.74, 6) is -1.75. The molecular weight excluding hydrogens is 492 g/mol. The Hall–Kier alpha value is -4.50. The highest BCUT2D eigenvalue weighted by Gasteiger charge is 2.48. The lowest BCUT2D eigenvalue weighted by atomic mass is 9.95. The minimum absolute atomic E-state index is 0.0590. The van der Waals surface area contributed by atoms with Crippen LogP contribution in [0.15, 0.2) is 78.4 Å². The van der Waals surface area contributed by atoms with Gasteiger partial charge in [0.05, 0.1) is 41.1 Å². The van der Waals surface area contributed by atoms with E-state index in [4.69, 9.17) is 9.47 Å². The van der Waals surface area contributed by atoms with E-state index >= 15 is 0 Å². The number of fused-ring (bicyclic) bond motifs is 1. The molecule has 2 heterocycles. The third-order valence-electron chi connectivity index (χ3n) is 6.00. The highest BCUT2D eigenvalue weighted by Crippen LogP contribution is 2.44. The van der Waals surface area contributed by atoms with E-state index in [-0.39, 0.29) is 11.3 Å². The third-order valence-corrected chi connectivity index (χ3v) is 7.02. The van der Waals surface area contributed by atoms with Gasteiger partial charge >= 0.3 is 11.9 Å². The van der Waals surface area contributed by atoms with Gasteiger partial charge in [-0.2, -0.15) is 0 Å². The van der Waals surface area contributed by atoms with Crippen LogP contribution < -0.4 is 9.64 Å². The molecule has 1 amide bonds. The fourth-order valence-corrected chi connectivity index (χ4v) is 5.29. The number of benzene rings is 3. The van der Waals surface area contributed by atoms with Crippen molar-refractivity contribution in [3.05, 3.63) is 95.1 Å². The van der Waals surface area contributed by atoms with Crippen molar-refractivity contribution in [1.82, 2.24) is 4.98 Å². The van der Waals surface area contributed by atoms with Crippen LogP contribution in [0.25, 0.3) is 16.0 Å². The number of ether oxygens (including phenoxy) is 2. The van der Waals surface area contributed by atoms with Crippen molar-refractivity contribution < 1.29 is 29.0 Å². The highest BCUT2D eigenvalue weighted by atomic mass is 32.1. The number of hydrogen-bond donors (Lipinski definition) is 1. The standard InChI is InChI=1S/C28H22N2O6S/c1-3-36-19-13-14-20-21(15-19)37-28(29-20)30-23(16-9-11-18(12-10-16)27(34)35-2)22(25(32)26(30)33)24(31)17-7-5-4-6-8-17/h4-15,23,31H,3H2,1-2H3/t23-/m0/s1. The molecule has 1 aliphatic rings. The predicted molar refractivity (Wildman–Crippen MR) is 140 cm³/mol. The minimum Gasteiger partial charge on any atom is -0.507 e. The Morgan fingerprint density at radius 1 is 1.03 bits per heavy atom. The van der Waals surface area contributed by atoms with E-state index in [0.29, 0.717) is 39.7 Å². The van der Waals surface area contributed by atoms with Gasteiger partial charge < -0.3 is 14.6 Å². The van der Waals surface area contributed by atoms with E-state index in [1.54, 1.807) is 66.7 Å². The molecule has 37 heavy (non-hydrogen) atoms. The molecule has 5 rings (SSSR count). The molecule has 0 unspecified atom stereocenters. The second-order valence-corrected chi connectivity index (χ2v) is 9.22. The zero-order chi connectivity index (χ0) is 26.1. The van der Waals surface area contributed by atoms with Crippen LogP contribution in [-0.4, -0.2) is 41.5 Å². The summed E-state index contributed by atoms with van der Waals surface area (Å²) in [6.07, 6.45) is 0. The van der Waals surface area contributed by atoms with Crippen LogP contribution in [0.3, 0.4) is 0 Å². The summed E-state index contributed by atoms with van der Waals surface area (Å²) >= 11 is 1.24. The normalized spacial score (nSPS) is 16.8. The first-order chi connectivity index (χ1) is 17.9. The van der Waals surface area contributed by atoms with Gasteiger partial charge in [-0.15, -0.1) is 0 Å². The van der Waals surface area contributed by atoms with E-state index < -0.39 is 23.7 Å². The Balaban J connectivity index is 1.68. The fraction of sp³-hybridized carbons (Fsp3) is 0.143. The second kappa shape index (κ2) is 9.87. The lowest BCUT2D eigenvalue weighted by molar-refractivity contribution is -0.132. The number of aliphatic hydroxyl groups excluding tert-OH is 1. The molecule has 1 N–H and O–H groups in total. The predicted octanol–water partition coefficient (Wildman–Crippen LogP) is 5.11. The largest absolute Gasteiger partial charge is 0.507 e. The number of hydrogen-bond acceptors (Lipinski definition) is 8. The monoisotopic (exact) mass is 514 g/mol. The summed E-state index contributed by atoms with van der Waals surface area (Å²) in [6, 6.07) is 19.4. The molecule has 1 aliphatic heterocycles. The summed E-state index contributed by atoms with van der Waals surface area (Å²) in [4.78, 5) is 44.6. The van der Waals surface area contributed by atoms with Crippen molar-refractivity contribution in [1.29, 1.82) is 0 Å². The molecule has 4 aromatic rings. The van der Waals surface area contributed by atoms with E-state index in [2.05, 4.69) is 4.98 Å². The van der Waals surface area contributed by atoms with Gasteiger partial charge in [0.1, 0.15) is 11.5 Å². The highest BCUT2D eigenvalue weighted by molar-refractivity contribution is 7.22. The molecule has 1 aromatic heterocycles. The number of methoxy groups -OCH3 is 1. The Bertz CT molecular complexity index is 1540. The number of Topliss-reactive ketones (excluding diaryl/α,β-unsaturated/α-hetero) is 1. The van der Waals surface area contributed by atoms with Gasteiger partial charge in [0.15, 0.2) is 5.13 Å². The third kappa shape index (κ3) is 4.34. The van der Waals surface area contributed by atoms with Crippen molar-refractivity contribution in [3.63, 3.8) is 0 Å². The maximum Gasteiger partial charge on any atom is 0.337 e. The average molecular weight is 515 g/mol. The van der Waals surface area contributed by atoms with Crippen LogP contribution in [0.1, 0.15) is 34.5 Å². The first-order valence-electron chi connectivity index (χ1n) is 11.5. The van der Waals surface area contributed by atoms with Crippen molar-refractivity contribution in [2.75, 3.05) is 18.6 Å². The molecule has 9 heteroatoms. The summed E-state index contributed by atoms with van der Waals surface area (Å²) < 4.78 is 11.1. The van der Waals surface area contributed by atoms with Crippen LogP contribution in [0.5, 0.6) is 5.75 Å². The molecule has 1 atom stereocenters. The van der Waals surface area contributed by atoms with E-state index in [0.717, 1.165) is 4.70 Å². The number of carbonyl (C=O) groups is 3. The first kappa shape index (κ1) is 24.2. The topological polar surface area (TPSA) is 106 Å². The number of ketones is 1. The number of esters is 1. The number of anilines is 1. The van der Waals surface area contributed by atoms with Crippen LogP contribution in [0.4, 0.5) is 5.13 Å². The van der Waals surface area contributed by atoms with Crippen molar-refractivity contribution in [2.24, 2.45) is 0 Å². The Morgan fingerprint density at radius 3 is 2.43 bits per heavy atom. The summed E-state index contributed by atoms with van der Waals surface area (Å²) in [5, 5.41) is 11.5. The number of carbonyl (C=O) groups excluding carboxylic acids is 3. The number of aliphatic hydroxyl groups is 1. The van der Waals surface area contributed by atoms with Crippen LogP contribution in [-0.2, 0) is 14.3 Å². The molecule has 0 aliphatic carbocycles. The van der Waals surface area contributed by atoms with Crippen molar-refractivity contribution >= 4 is 50.1 Å². The lowest BCUT2D eigenvalue weighted by Gasteiger charge is -2.23. The summed E-state index contributed by atoms with van der Waals surface area (Å²) in [7, 11) is 1.29. The molecule has 0 spiro atoms. The number of aromatic nitrogens is 1. The van der Waals surface area contributed by atoms with Gasteiger partial charge in [-0.3, -0.25) is 14.5 Å². The molecule has 8 nitrogen and oxygen atoms in total. The van der Waals surface area contributed by atoms with Gasteiger partial charge in [0, 0.05) is 5.56 Å². The first-order valence-corrected chi connectivity index (χ1v) is 12.3. The molecule has 0 saturated carbocycles. The molecule has 3 aromatic carbocycles. The minimum atomic E-state index is -0.959. The van der Waals surface area contributed by atoms with E-state index in [1.165, 1.54) is 23.3 Å². The van der Waals surface area contributed by atoms with E-state index in [9.17, 15) is 19.5 Å². The van der Waals surface area contributed by atoms with Crippen molar-refractivity contribution in [2.45, 2.75) is 13.0 Å². The number of nitrogens with zero attached hydrogens (tertiary/aromatic N) is 2. The van der Waals surface area contributed by atoms with Crippen molar-refractivity contribution in [3.8, 4) is 5.75 Å². The van der Waals surface area contributed by atoms with Gasteiger partial charge in [-0.25, -0.2) is 9.78 Å². The summed E-state index contributed by atoms with van der Waals surface area (Å²) in [5.41, 5.74) is 1.83. The molecular formula is C28H22N2O6S. The van der Waals surface area contributed by atoms with Crippen LogP contribution in [0.2, 0.25) is 0 Å². The number of rotatable bonds is 6. The van der Waals surface area contributed by atoms with Gasteiger partial charge in [-0.1, -0.05) is 53.8 Å². The lowest BCUT2D eigenvalue weighted by Crippen LogP contribution is -2.29. The Labute approximate surface area is 216 Å². The second-order valence-electron chi connectivity index (χ2n) is 8.21. The van der Waals surface area contributed by atoms with Crippen LogP contribution in [0, 0.1) is 0 Å². The van der Waals surface area contributed by atoms with Gasteiger partial charge in [0.25, 0.3) is 5.78 Å². The fourth-order valence-electron chi connectivity index (χ4n) is 4.27. The summed E-state index contributed by atoms with van der Waals surface area (Å²) in [6.45, 7) is 2.40. The average Bonchev–Trinajstić information content (AvgIpc) is 3.46. The Kier molecular flexibility index (Phi) is 6.45. The number of thiazole rings is 1. The maximum absolute atomic E-state index is 13.4. The molecule has 0 bridgehead atoms.